The lowest BCUT2D eigenvalue weighted by atomic mass is 9.83. The molecule has 4 nitrogen and oxygen atoms in total. The van der Waals surface area contributed by atoms with E-state index in [0.717, 1.165) is 19.6 Å². The zero-order valence-corrected chi connectivity index (χ0v) is 12.2. The van der Waals surface area contributed by atoms with Gasteiger partial charge in [0.1, 0.15) is 0 Å². The molecule has 0 aromatic heterocycles. The van der Waals surface area contributed by atoms with Crippen LogP contribution in [0.4, 0.5) is 0 Å². The van der Waals surface area contributed by atoms with Crippen molar-refractivity contribution in [3.63, 3.8) is 0 Å². The Hall–Kier alpha value is -0.610. The Bertz CT molecular complexity index is 255. The van der Waals surface area contributed by atoms with Crippen molar-refractivity contribution < 1.29 is 4.79 Å². The summed E-state index contributed by atoms with van der Waals surface area (Å²) in [6.07, 6.45) is 5.73. The quantitative estimate of drug-likeness (QED) is 0.778. The van der Waals surface area contributed by atoms with Gasteiger partial charge in [-0.1, -0.05) is 19.8 Å². The Morgan fingerprint density at radius 2 is 1.94 bits per heavy atom. The molecule has 18 heavy (non-hydrogen) atoms. The molecular formula is C14H29N3O. The second kappa shape index (κ2) is 7.74. The van der Waals surface area contributed by atoms with Gasteiger partial charge < -0.3 is 10.6 Å². The number of carbonyl (C=O) groups is 1. The van der Waals surface area contributed by atoms with Crippen molar-refractivity contribution in [3.8, 4) is 0 Å². The van der Waals surface area contributed by atoms with Crippen molar-refractivity contribution in [2.45, 2.75) is 45.1 Å². The second-order valence-corrected chi connectivity index (χ2v) is 5.51. The number of nitrogens with zero attached hydrogens (tertiary/aromatic N) is 2. The zero-order chi connectivity index (χ0) is 13.5. The summed E-state index contributed by atoms with van der Waals surface area (Å²) in [5.41, 5.74) is 5.89. The van der Waals surface area contributed by atoms with Crippen LogP contribution in [-0.4, -0.2) is 55.5 Å². The Morgan fingerprint density at radius 1 is 1.28 bits per heavy atom. The van der Waals surface area contributed by atoms with Crippen LogP contribution in [0.3, 0.4) is 0 Å². The molecule has 2 atom stereocenters. The largest absolute Gasteiger partial charge is 0.349 e. The fraction of sp³-hybridized carbons (Fsp3) is 0.929. The molecule has 0 aromatic carbocycles. The molecule has 1 aliphatic rings. The molecule has 0 aromatic rings. The van der Waals surface area contributed by atoms with Crippen LogP contribution in [0.2, 0.25) is 0 Å². The minimum absolute atomic E-state index is 0.216. The van der Waals surface area contributed by atoms with Gasteiger partial charge in [0.2, 0.25) is 5.91 Å². The van der Waals surface area contributed by atoms with E-state index in [0.29, 0.717) is 18.4 Å². The summed E-state index contributed by atoms with van der Waals surface area (Å²) in [5.74, 6) is 0.835. The van der Waals surface area contributed by atoms with E-state index in [1.807, 2.05) is 14.1 Å². The molecule has 2 N–H and O–H groups in total. The second-order valence-electron chi connectivity index (χ2n) is 5.51. The molecule has 0 spiro atoms. The topological polar surface area (TPSA) is 49.6 Å². The molecule has 106 valence electrons. The molecule has 1 rings (SSSR count). The van der Waals surface area contributed by atoms with E-state index in [4.69, 9.17) is 5.73 Å². The van der Waals surface area contributed by atoms with Gasteiger partial charge in [0.05, 0.1) is 0 Å². The molecule has 1 amide bonds. The van der Waals surface area contributed by atoms with Crippen molar-refractivity contribution in [1.29, 1.82) is 0 Å². The first kappa shape index (κ1) is 15.4. The van der Waals surface area contributed by atoms with Crippen LogP contribution in [-0.2, 0) is 4.79 Å². The molecule has 0 radical (unpaired) electrons. The van der Waals surface area contributed by atoms with Gasteiger partial charge in [-0.05, 0) is 31.8 Å². The summed E-state index contributed by atoms with van der Waals surface area (Å²) in [5, 5.41) is 0. The van der Waals surface area contributed by atoms with Crippen molar-refractivity contribution >= 4 is 5.91 Å². The van der Waals surface area contributed by atoms with Gasteiger partial charge >= 0.3 is 0 Å². The van der Waals surface area contributed by atoms with E-state index < -0.39 is 0 Å². The van der Waals surface area contributed by atoms with E-state index in [9.17, 15) is 4.79 Å². The predicted molar refractivity (Wildman–Crippen MR) is 75.4 cm³/mol. The summed E-state index contributed by atoms with van der Waals surface area (Å²) >= 11 is 0. The first-order chi connectivity index (χ1) is 8.60. The van der Waals surface area contributed by atoms with Gasteiger partial charge in [-0.15, -0.1) is 0 Å². The number of amides is 1. The van der Waals surface area contributed by atoms with Crippen molar-refractivity contribution in [2.75, 3.05) is 33.7 Å². The van der Waals surface area contributed by atoms with Crippen LogP contribution in [0.5, 0.6) is 0 Å². The van der Waals surface area contributed by atoms with Crippen molar-refractivity contribution in [2.24, 2.45) is 11.7 Å². The van der Waals surface area contributed by atoms with E-state index in [1.54, 1.807) is 4.90 Å². The summed E-state index contributed by atoms with van der Waals surface area (Å²) in [6, 6.07) is 0.587. The highest BCUT2D eigenvalue weighted by Crippen LogP contribution is 2.27. The number of carbonyl (C=O) groups excluding carboxylic acids is 1. The molecule has 1 fully saturated rings. The lowest BCUT2D eigenvalue weighted by Gasteiger charge is -2.39. The Kier molecular flexibility index (Phi) is 6.65. The van der Waals surface area contributed by atoms with Crippen LogP contribution in [0.25, 0.3) is 0 Å². The molecule has 2 unspecified atom stereocenters. The predicted octanol–water partition coefficient (Wildman–Crippen LogP) is 1.30. The molecule has 1 saturated carbocycles. The maximum Gasteiger partial charge on any atom is 0.223 e. The summed E-state index contributed by atoms with van der Waals surface area (Å²) < 4.78 is 0. The zero-order valence-electron chi connectivity index (χ0n) is 12.2. The minimum Gasteiger partial charge on any atom is -0.349 e. The maximum absolute atomic E-state index is 11.7. The van der Waals surface area contributed by atoms with E-state index in [2.05, 4.69) is 11.8 Å². The van der Waals surface area contributed by atoms with Crippen LogP contribution >= 0.6 is 0 Å². The van der Waals surface area contributed by atoms with Gasteiger partial charge in [-0.3, -0.25) is 9.69 Å². The molecule has 0 heterocycles. The average Bonchev–Trinajstić information content (AvgIpc) is 2.39. The van der Waals surface area contributed by atoms with Crippen LogP contribution in [0, 0.1) is 5.92 Å². The maximum atomic E-state index is 11.7. The Balaban J connectivity index is 2.50. The van der Waals surface area contributed by atoms with Gasteiger partial charge in [0, 0.05) is 33.1 Å². The highest BCUT2D eigenvalue weighted by molar-refractivity contribution is 5.75. The van der Waals surface area contributed by atoms with Gasteiger partial charge in [-0.25, -0.2) is 0 Å². The molecule has 0 aliphatic heterocycles. The average molecular weight is 255 g/mol. The van der Waals surface area contributed by atoms with Gasteiger partial charge in [0.15, 0.2) is 0 Å². The van der Waals surface area contributed by atoms with Gasteiger partial charge in [0.25, 0.3) is 0 Å². The lowest BCUT2D eigenvalue weighted by Crippen LogP contribution is -2.46. The fourth-order valence-electron chi connectivity index (χ4n) is 2.97. The first-order valence-corrected chi connectivity index (χ1v) is 7.24. The van der Waals surface area contributed by atoms with Gasteiger partial charge in [-0.2, -0.15) is 0 Å². The number of hydrogen-bond donors (Lipinski definition) is 1. The van der Waals surface area contributed by atoms with Crippen LogP contribution in [0.15, 0.2) is 0 Å². The number of nitrogens with two attached hydrogens (primary N) is 1. The third-order valence-electron chi connectivity index (χ3n) is 4.16. The van der Waals surface area contributed by atoms with E-state index in [1.165, 1.54) is 25.7 Å². The fourth-order valence-corrected chi connectivity index (χ4v) is 2.97. The summed E-state index contributed by atoms with van der Waals surface area (Å²) in [7, 11) is 3.64. The monoisotopic (exact) mass is 255 g/mol. The SMILES string of the molecule is CCN(CCC(=O)N(C)C)C1CCCCC1CN. The Morgan fingerprint density at radius 3 is 2.50 bits per heavy atom. The smallest absolute Gasteiger partial charge is 0.223 e. The summed E-state index contributed by atoms with van der Waals surface area (Å²) in [4.78, 5) is 15.8. The van der Waals surface area contributed by atoms with E-state index in [-0.39, 0.29) is 5.91 Å². The number of rotatable bonds is 6. The Labute approximate surface area is 111 Å². The van der Waals surface area contributed by atoms with E-state index >= 15 is 0 Å². The van der Waals surface area contributed by atoms with Crippen LogP contribution in [0.1, 0.15) is 39.0 Å². The third kappa shape index (κ3) is 4.25. The highest BCUT2D eigenvalue weighted by Gasteiger charge is 2.28. The molecular weight excluding hydrogens is 226 g/mol. The van der Waals surface area contributed by atoms with Crippen molar-refractivity contribution in [1.82, 2.24) is 9.80 Å². The van der Waals surface area contributed by atoms with Crippen LogP contribution < -0.4 is 5.73 Å². The van der Waals surface area contributed by atoms with Crippen molar-refractivity contribution in [3.05, 3.63) is 0 Å². The molecule has 0 bridgehead atoms. The third-order valence-corrected chi connectivity index (χ3v) is 4.16. The standard InChI is InChI=1S/C14H29N3O/c1-4-17(10-9-14(18)16(2)3)13-8-6-5-7-12(13)11-15/h12-13H,4-11,15H2,1-3H3. The normalized spacial score (nSPS) is 24.3. The molecule has 0 saturated heterocycles. The molecule has 1 aliphatic carbocycles. The minimum atomic E-state index is 0.216. The number of hydrogen-bond acceptors (Lipinski definition) is 3. The molecule has 4 heteroatoms. The lowest BCUT2D eigenvalue weighted by molar-refractivity contribution is -0.129. The highest BCUT2D eigenvalue weighted by atomic mass is 16.2. The first-order valence-electron chi connectivity index (χ1n) is 7.24. The summed E-state index contributed by atoms with van der Waals surface area (Å²) in [6.45, 7) is 4.85.